The van der Waals surface area contributed by atoms with Gasteiger partial charge in [0.2, 0.25) is 0 Å². The first-order valence-corrected chi connectivity index (χ1v) is 5.02. The summed E-state index contributed by atoms with van der Waals surface area (Å²) in [5, 5.41) is 0.703. The maximum Gasteiger partial charge on any atom is 0.126 e. The summed E-state index contributed by atoms with van der Waals surface area (Å²) >= 11 is 5.82. The molecule has 0 bridgehead atoms. The van der Waals surface area contributed by atoms with Crippen LogP contribution in [-0.4, -0.2) is 7.11 Å². The Balaban J connectivity index is 0.000000791. The molecule has 0 spiro atoms. The van der Waals surface area contributed by atoms with Crippen LogP contribution in [0.1, 0.15) is 26.3 Å². The minimum Gasteiger partial charge on any atom is -0.496 e. The standard InChI is InChI=1S/C10H11ClO.C2H6/c1-7(2)9-6-8(11)4-5-10(9)12-3;1-2/h4-6H,1H2,2-3H3;1-2H3. The summed E-state index contributed by atoms with van der Waals surface area (Å²) in [7, 11) is 1.63. The van der Waals surface area contributed by atoms with Gasteiger partial charge in [0.15, 0.2) is 0 Å². The maximum absolute atomic E-state index is 5.82. The highest BCUT2D eigenvalue weighted by Gasteiger charge is 2.03. The molecule has 0 N–H and O–H groups in total. The molecule has 0 unspecified atom stereocenters. The SMILES string of the molecule is C=C(C)c1cc(Cl)ccc1OC.CC. The van der Waals surface area contributed by atoms with Crippen LogP contribution in [0.4, 0.5) is 0 Å². The van der Waals surface area contributed by atoms with E-state index in [4.69, 9.17) is 16.3 Å². The van der Waals surface area contributed by atoms with E-state index in [2.05, 4.69) is 6.58 Å². The van der Waals surface area contributed by atoms with Crippen molar-refractivity contribution in [3.8, 4) is 5.75 Å². The van der Waals surface area contributed by atoms with Crippen LogP contribution in [0, 0.1) is 0 Å². The van der Waals surface area contributed by atoms with Gasteiger partial charge in [0.05, 0.1) is 7.11 Å². The Kier molecular flexibility index (Phi) is 6.06. The lowest BCUT2D eigenvalue weighted by Crippen LogP contribution is -1.88. The van der Waals surface area contributed by atoms with E-state index < -0.39 is 0 Å². The zero-order chi connectivity index (χ0) is 11.1. The highest BCUT2D eigenvalue weighted by molar-refractivity contribution is 6.30. The summed E-state index contributed by atoms with van der Waals surface area (Å²) in [4.78, 5) is 0. The summed E-state index contributed by atoms with van der Waals surface area (Å²) < 4.78 is 5.14. The molecule has 78 valence electrons. The van der Waals surface area contributed by atoms with Gasteiger partial charge in [-0.15, -0.1) is 0 Å². The van der Waals surface area contributed by atoms with Crippen LogP contribution in [0.5, 0.6) is 5.75 Å². The van der Waals surface area contributed by atoms with Crippen LogP contribution in [0.3, 0.4) is 0 Å². The lowest BCUT2D eigenvalue weighted by atomic mass is 10.1. The molecule has 0 heterocycles. The molecule has 1 rings (SSSR count). The van der Waals surface area contributed by atoms with Crippen molar-refractivity contribution in [1.82, 2.24) is 0 Å². The number of allylic oxidation sites excluding steroid dienone is 1. The number of benzene rings is 1. The van der Waals surface area contributed by atoms with Crippen LogP contribution >= 0.6 is 11.6 Å². The average Bonchev–Trinajstić information content (AvgIpc) is 2.20. The number of ether oxygens (including phenoxy) is 1. The molecule has 0 amide bonds. The molecule has 0 atom stereocenters. The highest BCUT2D eigenvalue weighted by Crippen LogP contribution is 2.27. The zero-order valence-electron chi connectivity index (χ0n) is 9.23. The molecule has 0 saturated carbocycles. The lowest BCUT2D eigenvalue weighted by Gasteiger charge is -2.07. The molecule has 0 aliphatic rings. The third kappa shape index (κ3) is 3.43. The van der Waals surface area contributed by atoms with Gasteiger partial charge >= 0.3 is 0 Å². The van der Waals surface area contributed by atoms with Crippen LogP contribution < -0.4 is 4.74 Å². The summed E-state index contributed by atoms with van der Waals surface area (Å²) in [6.45, 7) is 9.76. The normalized spacial score (nSPS) is 8.64. The highest BCUT2D eigenvalue weighted by atomic mass is 35.5. The van der Waals surface area contributed by atoms with Crippen LogP contribution in [0.15, 0.2) is 24.8 Å². The molecule has 0 aromatic heterocycles. The molecule has 0 radical (unpaired) electrons. The van der Waals surface area contributed by atoms with Crippen molar-refractivity contribution in [2.24, 2.45) is 0 Å². The molecule has 0 fully saturated rings. The maximum atomic E-state index is 5.82. The van der Waals surface area contributed by atoms with Gasteiger partial charge in [-0.1, -0.05) is 32.0 Å². The van der Waals surface area contributed by atoms with Gasteiger partial charge in [-0.2, -0.15) is 0 Å². The largest absolute Gasteiger partial charge is 0.496 e. The number of hydrogen-bond acceptors (Lipinski definition) is 1. The minimum absolute atomic E-state index is 0.703. The van der Waals surface area contributed by atoms with Crippen molar-refractivity contribution in [2.45, 2.75) is 20.8 Å². The van der Waals surface area contributed by atoms with Crippen LogP contribution in [-0.2, 0) is 0 Å². The third-order valence-electron chi connectivity index (χ3n) is 1.62. The average molecular weight is 213 g/mol. The fraction of sp³-hybridized carbons (Fsp3) is 0.333. The summed E-state index contributed by atoms with van der Waals surface area (Å²) in [5.41, 5.74) is 1.92. The Bertz CT molecular complexity index is 305. The second-order valence-electron chi connectivity index (χ2n) is 2.62. The molecule has 0 aliphatic heterocycles. The van der Waals surface area contributed by atoms with E-state index in [0.717, 1.165) is 16.9 Å². The second-order valence-corrected chi connectivity index (χ2v) is 3.06. The monoisotopic (exact) mass is 212 g/mol. The van der Waals surface area contributed by atoms with Crippen LogP contribution in [0.25, 0.3) is 5.57 Å². The fourth-order valence-corrected chi connectivity index (χ4v) is 1.19. The first-order chi connectivity index (χ1) is 6.65. The van der Waals surface area contributed by atoms with Gasteiger partial charge in [-0.05, 0) is 30.7 Å². The molecule has 14 heavy (non-hydrogen) atoms. The number of rotatable bonds is 2. The van der Waals surface area contributed by atoms with E-state index in [1.165, 1.54) is 0 Å². The predicted molar refractivity (Wildman–Crippen MR) is 64.1 cm³/mol. The summed E-state index contributed by atoms with van der Waals surface area (Å²) in [6.07, 6.45) is 0. The quantitative estimate of drug-likeness (QED) is 0.706. The van der Waals surface area contributed by atoms with E-state index >= 15 is 0 Å². The van der Waals surface area contributed by atoms with Crippen molar-refractivity contribution in [3.63, 3.8) is 0 Å². The van der Waals surface area contributed by atoms with Gasteiger partial charge in [0, 0.05) is 10.6 Å². The first kappa shape index (κ1) is 13.1. The van der Waals surface area contributed by atoms with E-state index in [-0.39, 0.29) is 0 Å². The topological polar surface area (TPSA) is 9.23 Å². The second kappa shape index (κ2) is 6.50. The van der Waals surface area contributed by atoms with Crippen molar-refractivity contribution in [1.29, 1.82) is 0 Å². The van der Waals surface area contributed by atoms with E-state index in [9.17, 15) is 0 Å². The Morgan fingerprint density at radius 3 is 2.36 bits per heavy atom. The molecular formula is C12H17ClO. The first-order valence-electron chi connectivity index (χ1n) is 4.64. The number of methoxy groups -OCH3 is 1. The van der Waals surface area contributed by atoms with E-state index in [0.29, 0.717) is 5.02 Å². The zero-order valence-corrected chi connectivity index (χ0v) is 9.98. The Morgan fingerprint density at radius 1 is 1.36 bits per heavy atom. The molecule has 0 saturated heterocycles. The fourth-order valence-electron chi connectivity index (χ4n) is 1.01. The lowest BCUT2D eigenvalue weighted by molar-refractivity contribution is 0.413. The molecule has 2 heteroatoms. The number of hydrogen-bond donors (Lipinski definition) is 0. The van der Waals surface area contributed by atoms with E-state index in [1.807, 2.05) is 32.9 Å². The summed E-state index contributed by atoms with van der Waals surface area (Å²) in [5.74, 6) is 0.812. The van der Waals surface area contributed by atoms with Gasteiger partial charge in [-0.25, -0.2) is 0 Å². The molecule has 0 aliphatic carbocycles. The molecule has 1 aromatic carbocycles. The number of halogens is 1. The predicted octanol–water partition coefficient (Wildman–Crippen LogP) is 4.41. The Hall–Kier alpha value is -0.950. The Labute approximate surface area is 91.4 Å². The minimum atomic E-state index is 0.703. The smallest absolute Gasteiger partial charge is 0.126 e. The van der Waals surface area contributed by atoms with E-state index in [1.54, 1.807) is 13.2 Å². The van der Waals surface area contributed by atoms with Crippen LogP contribution in [0.2, 0.25) is 5.02 Å². The van der Waals surface area contributed by atoms with Gasteiger partial charge < -0.3 is 4.74 Å². The van der Waals surface area contributed by atoms with Crippen molar-refractivity contribution < 1.29 is 4.74 Å². The molecule has 1 nitrogen and oxygen atoms in total. The van der Waals surface area contributed by atoms with Crippen molar-refractivity contribution in [3.05, 3.63) is 35.4 Å². The van der Waals surface area contributed by atoms with Gasteiger partial charge in [0.25, 0.3) is 0 Å². The summed E-state index contributed by atoms with van der Waals surface area (Å²) in [6, 6.07) is 5.49. The van der Waals surface area contributed by atoms with Gasteiger partial charge in [0.1, 0.15) is 5.75 Å². The van der Waals surface area contributed by atoms with Crippen molar-refractivity contribution in [2.75, 3.05) is 7.11 Å². The van der Waals surface area contributed by atoms with Crippen molar-refractivity contribution >= 4 is 17.2 Å². The third-order valence-corrected chi connectivity index (χ3v) is 1.86. The Morgan fingerprint density at radius 2 is 1.93 bits per heavy atom. The molecular weight excluding hydrogens is 196 g/mol. The van der Waals surface area contributed by atoms with Gasteiger partial charge in [-0.3, -0.25) is 0 Å². The molecule has 1 aromatic rings.